The second-order valence-corrected chi connectivity index (χ2v) is 6.64. The molecule has 1 aliphatic rings. The molecule has 19 heavy (non-hydrogen) atoms. The molecule has 2 rings (SSSR count). The standard InChI is InChI=1S/C16H22ClNS/c17-14-9-6-10-15(11-14)19-12-16(18)13-7-4-2-1-3-5-8-13/h6-7,9-11,16H,1-5,8,12,18H2/b13-7+. The first-order valence-electron chi connectivity index (χ1n) is 7.08. The third-order valence-corrected chi connectivity index (χ3v) is 4.88. The van der Waals surface area contributed by atoms with E-state index in [0.29, 0.717) is 0 Å². The second kappa shape index (κ2) is 7.98. The van der Waals surface area contributed by atoms with Crippen LogP contribution >= 0.6 is 23.4 Å². The van der Waals surface area contributed by atoms with Gasteiger partial charge in [0.1, 0.15) is 0 Å². The molecule has 3 heteroatoms. The Labute approximate surface area is 125 Å². The summed E-state index contributed by atoms with van der Waals surface area (Å²) in [7, 11) is 0. The topological polar surface area (TPSA) is 26.0 Å². The largest absolute Gasteiger partial charge is 0.324 e. The van der Waals surface area contributed by atoms with Gasteiger partial charge in [0.25, 0.3) is 0 Å². The van der Waals surface area contributed by atoms with Crippen molar-refractivity contribution in [1.82, 2.24) is 0 Å². The van der Waals surface area contributed by atoms with Crippen LogP contribution in [0.3, 0.4) is 0 Å². The van der Waals surface area contributed by atoms with E-state index in [0.717, 1.165) is 10.8 Å². The summed E-state index contributed by atoms with van der Waals surface area (Å²) < 4.78 is 0. The van der Waals surface area contributed by atoms with Crippen LogP contribution in [0, 0.1) is 0 Å². The Morgan fingerprint density at radius 1 is 1.21 bits per heavy atom. The Kier molecular flexibility index (Phi) is 6.29. The van der Waals surface area contributed by atoms with Crippen molar-refractivity contribution in [3.05, 3.63) is 40.9 Å². The van der Waals surface area contributed by atoms with E-state index in [4.69, 9.17) is 17.3 Å². The summed E-state index contributed by atoms with van der Waals surface area (Å²) in [6.07, 6.45) is 10.1. The molecule has 1 aliphatic carbocycles. The highest BCUT2D eigenvalue weighted by molar-refractivity contribution is 7.99. The average Bonchev–Trinajstić information content (AvgIpc) is 2.36. The maximum absolute atomic E-state index is 6.33. The van der Waals surface area contributed by atoms with Crippen LogP contribution in [0.5, 0.6) is 0 Å². The molecule has 0 fully saturated rings. The third kappa shape index (κ3) is 5.21. The molecule has 0 radical (unpaired) electrons. The Hall–Kier alpha value is -0.440. The highest BCUT2D eigenvalue weighted by Gasteiger charge is 2.11. The fraction of sp³-hybridized carbons (Fsp3) is 0.500. The van der Waals surface area contributed by atoms with Gasteiger partial charge in [-0.25, -0.2) is 0 Å². The lowest BCUT2D eigenvalue weighted by Gasteiger charge is -2.18. The van der Waals surface area contributed by atoms with Gasteiger partial charge in [-0.2, -0.15) is 0 Å². The lowest BCUT2D eigenvalue weighted by atomic mass is 9.96. The monoisotopic (exact) mass is 295 g/mol. The molecule has 1 atom stereocenters. The number of halogens is 1. The lowest BCUT2D eigenvalue weighted by molar-refractivity contribution is 0.606. The van der Waals surface area contributed by atoms with Gasteiger partial charge in [0.2, 0.25) is 0 Å². The van der Waals surface area contributed by atoms with E-state index >= 15 is 0 Å². The van der Waals surface area contributed by atoms with Crippen molar-refractivity contribution in [3.8, 4) is 0 Å². The van der Waals surface area contributed by atoms with Crippen LogP contribution in [-0.4, -0.2) is 11.8 Å². The minimum absolute atomic E-state index is 0.182. The van der Waals surface area contributed by atoms with E-state index in [2.05, 4.69) is 12.1 Å². The molecule has 0 amide bonds. The summed E-state index contributed by atoms with van der Waals surface area (Å²) in [6, 6.07) is 8.18. The number of allylic oxidation sites excluding steroid dienone is 1. The maximum Gasteiger partial charge on any atom is 0.0417 e. The zero-order valence-electron chi connectivity index (χ0n) is 11.3. The quantitative estimate of drug-likeness (QED) is 0.622. The van der Waals surface area contributed by atoms with E-state index in [-0.39, 0.29) is 6.04 Å². The SMILES string of the molecule is NC(CSc1cccc(Cl)c1)/C1=C/CCCCCC1. The summed E-state index contributed by atoms with van der Waals surface area (Å²) >= 11 is 7.79. The Balaban J connectivity index is 1.87. The lowest BCUT2D eigenvalue weighted by Crippen LogP contribution is -2.25. The normalized spacial score (nSPS) is 21.1. The summed E-state index contributed by atoms with van der Waals surface area (Å²) in [5, 5.41) is 0.795. The van der Waals surface area contributed by atoms with Crippen LogP contribution in [0.1, 0.15) is 38.5 Å². The van der Waals surface area contributed by atoms with Crippen LogP contribution < -0.4 is 5.73 Å². The minimum Gasteiger partial charge on any atom is -0.324 e. The van der Waals surface area contributed by atoms with Crippen LogP contribution in [-0.2, 0) is 0 Å². The molecule has 1 aromatic carbocycles. The van der Waals surface area contributed by atoms with Gasteiger partial charge in [0.15, 0.2) is 0 Å². The minimum atomic E-state index is 0.182. The van der Waals surface area contributed by atoms with E-state index in [1.54, 1.807) is 11.8 Å². The van der Waals surface area contributed by atoms with E-state index < -0.39 is 0 Å². The van der Waals surface area contributed by atoms with E-state index in [1.165, 1.54) is 49.0 Å². The van der Waals surface area contributed by atoms with Crippen LogP contribution in [0.25, 0.3) is 0 Å². The van der Waals surface area contributed by atoms with Gasteiger partial charge in [-0.1, -0.05) is 42.2 Å². The molecule has 2 N–H and O–H groups in total. The molecule has 0 aliphatic heterocycles. The highest BCUT2D eigenvalue weighted by atomic mass is 35.5. The third-order valence-electron chi connectivity index (χ3n) is 3.53. The number of benzene rings is 1. The number of thioether (sulfide) groups is 1. The van der Waals surface area contributed by atoms with Gasteiger partial charge in [0.05, 0.1) is 0 Å². The van der Waals surface area contributed by atoms with Crippen molar-refractivity contribution in [2.75, 3.05) is 5.75 Å². The molecule has 0 bridgehead atoms. The number of hydrogen-bond donors (Lipinski definition) is 1. The zero-order chi connectivity index (χ0) is 13.5. The summed E-state index contributed by atoms with van der Waals surface area (Å²) in [6.45, 7) is 0. The van der Waals surface area contributed by atoms with Crippen molar-refractivity contribution >= 4 is 23.4 Å². The fourth-order valence-corrected chi connectivity index (χ4v) is 3.63. The number of hydrogen-bond acceptors (Lipinski definition) is 2. The fourth-order valence-electron chi connectivity index (χ4n) is 2.40. The van der Waals surface area contributed by atoms with Crippen molar-refractivity contribution in [2.45, 2.75) is 49.5 Å². The van der Waals surface area contributed by atoms with Gasteiger partial charge >= 0.3 is 0 Å². The molecule has 1 nitrogen and oxygen atoms in total. The van der Waals surface area contributed by atoms with Crippen molar-refractivity contribution in [2.24, 2.45) is 5.73 Å². The molecular formula is C16H22ClNS. The summed E-state index contributed by atoms with van der Waals surface area (Å²) in [5.74, 6) is 0.937. The second-order valence-electron chi connectivity index (χ2n) is 5.11. The van der Waals surface area contributed by atoms with E-state index in [1.807, 2.05) is 18.2 Å². The zero-order valence-corrected chi connectivity index (χ0v) is 12.8. The Bertz CT molecular complexity index is 431. The molecule has 0 saturated carbocycles. The molecule has 1 unspecified atom stereocenters. The Morgan fingerprint density at radius 3 is 2.89 bits per heavy atom. The first-order valence-corrected chi connectivity index (χ1v) is 8.45. The number of nitrogens with two attached hydrogens (primary N) is 1. The summed E-state index contributed by atoms with van der Waals surface area (Å²) in [5.41, 5.74) is 7.79. The molecule has 1 aromatic rings. The van der Waals surface area contributed by atoms with Crippen LogP contribution in [0.15, 0.2) is 40.8 Å². The maximum atomic E-state index is 6.33. The molecule has 104 valence electrons. The molecule has 0 saturated heterocycles. The first-order chi connectivity index (χ1) is 9.25. The van der Waals surface area contributed by atoms with E-state index in [9.17, 15) is 0 Å². The predicted octanol–water partition coefficient (Wildman–Crippen LogP) is 5.04. The summed E-state index contributed by atoms with van der Waals surface area (Å²) in [4.78, 5) is 1.20. The average molecular weight is 296 g/mol. The van der Waals surface area contributed by atoms with Crippen molar-refractivity contribution in [1.29, 1.82) is 0 Å². The first kappa shape index (κ1) is 15.0. The van der Waals surface area contributed by atoms with Crippen molar-refractivity contribution in [3.63, 3.8) is 0 Å². The van der Waals surface area contributed by atoms with Gasteiger partial charge in [0, 0.05) is 21.7 Å². The van der Waals surface area contributed by atoms with Gasteiger partial charge in [-0.15, -0.1) is 11.8 Å². The van der Waals surface area contributed by atoms with Gasteiger partial charge in [-0.05, 0) is 43.9 Å². The molecular weight excluding hydrogens is 274 g/mol. The smallest absolute Gasteiger partial charge is 0.0417 e. The Morgan fingerprint density at radius 2 is 2.05 bits per heavy atom. The van der Waals surface area contributed by atoms with Crippen molar-refractivity contribution < 1.29 is 0 Å². The highest BCUT2D eigenvalue weighted by Crippen LogP contribution is 2.25. The van der Waals surface area contributed by atoms with Gasteiger partial charge < -0.3 is 5.73 Å². The molecule has 0 heterocycles. The predicted molar refractivity (Wildman–Crippen MR) is 85.9 cm³/mol. The molecule has 0 aromatic heterocycles. The van der Waals surface area contributed by atoms with Crippen LogP contribution in [0.2, 0.25) is 5.02 Å². The molecule has 0 spiro atoms. The van der Waals surface area contributed by atoms with Crippen LogP contribution in [0.4, 0.5) is 0 Å². The van der Waals surface area contributed by atoms with Gasteiger partial charge in [-0.3, -0.25) is 0 Å². The number of rotatable bonds is 4.